The predicted octanol–water partition coefficient (Wildman–Crippen LogP) is 1.73. The Morgan fingerprint density at radius 3 is 2.78 bits per heavy atom. The van der Waals surface area contributed by atoms with E-state index < -0.39 is 0 Å². The molecule has 1 fully saturated rings. The molecular weight excluding hydrogens is 292 g/mol. The highest BCUT2D eigenvalue weighted by molar-refractivity contribution is 5.72. The normalized spacial score (nSPS) is 15.3. The van der Waals surface area contributed by atoms with E-state index in [2.05, 4.69) is 14.9 Å². The quantitative estimate of drug-likeness (QED) is 0.798. The first-order valence-electron chi connectivity index (χ1n) is 7.72. The molecule has 1 aliphatic rings. The van der Waals surface area contributed by atoms with Gasteiger partial charge in [-0.2, -0.15) is 0 Å². The van der Waals surface area contributed by atoms with Gasteiger partial charge in [-0.05, 0) is 5.56 Å². The first kappa shape index (κ1) is 14.2. The minimum Gasteiger partial charge on any atom is -0.392 e. The summed E-state index contributed by atoms with van der Waals surface area (Å²) in [5.41, 5.74) is 3.61. The fourth-order valence-electron chi connectivity index (χ4n) is 3.01. The summed E-state index contributed by atoms with van der Waals surface area (Å²) in [7, 11) is 0. The zero-order valence-corrected chi connectivity index (χ0v) is 12.7. The van der Waals surface area contributed by atoms with Crippen LogP contribution >= 0.6 is 0 Å². The molecule has 1 aromatic carbocycles. The second kappa shape index (κ2) is 5.98. The monoisotopic (exact) mass is 310 g/mol. The van der Waals surface area contributed by atoms with Gasteiger partial charge >= 0.3 is 0 Å². The van der Waals surface area contributed by atoms with Gasteiger partial charge < -0.3 is 14.7 Å². The maximum Gasteiger partial charge on any atom is 0.180 e. The highest BCUT2D eigenvalue weighted by Crippen LogP contribution is 2.28. The van der Waals surface area contributed by atoms with Crippen LogP contribution in [0.2, 0.25) is 0 Å². The summed E-state index contributed by atoms with van der Waals surface area (Å²) in [4.78, 5) is 11.4. The van der Waals surface area contributed by atoms with E-state index in [0.29, 0.717) is 13.2 Å². The van der Waals surface area contributed by atoms with Crippen LogP contribution in [0.4, 0.5) is 5.82 Å². The van der Waals surface area contributed by atoms with E-state index in [0.717, 1.165) is 41.4 Å². The Morgan fingerprint density at radius 2 is 1.96 bits per heavy atom. The van der Waals surface area contributed by atoms with Gasteiger partial charge in [-0.3, -0.25) is 4.40 Å². The van der Waals surface area contributed by atoms with Crippen LogP contribution in [0.5, 0.6) is 0 Å². The molecule has 6 heteroatoms. The lowest BCUT2D eigenvalue weighted by Gasteiger charge is -2.28. The van der Waals surface area contributed by atoms with Gasteiger partial charge in [0.15, 0.2) is 11.5 Å². The Labute approximate surface area is 134 Å². The summed E-state index contributed by atoms with van der Waals surface area (Å²) >= 11 is 0. The molecule has 6 nitrogen and oxygen atoms in total. The van der Waals surface area contributed by atoms with Crippen molar-refractivity contribution in [2.75, 3.05) is 31.2 Å². The number of hydrogen-bond acceptors (Lipinski definition) is 5. The summed E-state index contributed by atoms with van der Waals surface area (Å²) in [6, 6.07) is 7.81. The molecule has 0 aliphatic carbocycles. The molecule has 3 heterocycles. The maximum atomic E-state index is 9.59. The third-order valence-electron chi connectivity index (χ3n) is 4.18. The van der Waals surface area contributed by atoms with Crippen molar-refractivity contribution in [1.82, 2.24) is 14.4 Å². The van der Waals surface area contributed by atoms with Gasteiger partial charge in [0.25, 0.3) is 0 Å². The van der Waals surface area contributed by atoms with Crippen molar-refractivity contribution in [1.29, 1.82) is 0 Å². The molecule has 1 saturated heterocycles. The molecular formula is C17H18N4O2. The minimum atomic E-state index is -0.00240. The second-order valence-corrected chi connectivity index (χ2v) is 5.50. The number of imidazole rings is 1. The number of fused-ring (bicyclic) bond motifs is 1. The summed E-state index contributed by atoms with van der Waals surface area (Å²) in [6.45, 7) is 3.06. The third-order valence-corrected chi connectivity index (χ3v) is 4.18. The molecule has 0 bridgehead atoms. The molecule has 0 radical (unpaired) electrons. The van der Waals surface area contributed by atoms with Crippen LogP contribution in [0.25, 0.3) is 16.9 Å². The molecule has 1 aliphatic heterocycles. The molecule has 23 heavy (non-hydrogen) atoms. The number of rotatable bonds is 3. The molecule has 0 spiro atoms. The van der Waals surface area contributed by atoms with Crippen LogP contribution in [0, 0.1) is 0 Å². The summed E-state index contributed by atoms with van der Waals surface area (Å²) in [5, 5.41) is 9.59. The molecule has 118 valence electrons. The van der Waals surface area contributed by atoms with Gasteiger partial charge in [-0.25, -0.2) is 9.97 Å². The van der Waals surface area contributed by atoms with Crippen molar-refractivity contribution >= 4 is 11.5 Å². The van der Waals surface area contributed by atoms with Crippen LogP contribution < -0.4 is 4.90 Å². The van der Waals surface area contributed by atoms with Gasteiger partial charge in [-0.1, -0.05) is 24.3 Å². The predicted molar refractivity (Wildman–Crippen MR) is 87.4 cm³/mol. The average Bonchev–Trinajstić information content (AvgIpc) is 3.11. The molecule has 3 aromatic rings. The minimum absolute atomic E-state index is 0.00240. The Balaban J connectivity index is 1.85. The van der Waals surface area contributed by atoms with Crippen molar-refractivity contribution in [3.63, 3.8) is 0 Å². The number of nitrogens with zero attached hydrogens (tertiary/aromatic N) is 4. The first-order chi connectivity index (χ1) is 11.4. The molecule has 0 saturated carbocycles. The van der Waals surface area contributed by atoms with Gasteiger partial charge in [-0.15, -0.1) is 0 Å². The van der Waals surface area contributed by atoms with Crippen LogP contribution in [0.15, 0.2) is 42.9 Å². The number of aliphatic hydroxyl groups is 1. The van der Waals surface area contributed by atoms with E-state index >= 15 is 0 Å². The molecule has 4 rings (SSSR count). The van der Waals surface area contributed by atoms with E-state index in [1.807, 2.05) is 41.1 Å². The van der Waals surface area contributed by atoms with E-state index in [4.69, 9.17) is 4.74 Å². The van der Waals surface area contributed by atoms with Crippen molar-refractivity contribution in [2.45, 2.75) is 6.61 Å². The number of benzene rings is 1. The van der Waals surface area contributed by atoms with Crippen molar-refractivity contribution in [2.24, 2.45) is 0 Å². The van der Waals surface area contributed by atoms with Crippen LogP contribution in [-0.4, -0.2) is 45.8 Å². The van der Waals surface area contributed by atoms with Gasteiger partial charge in [0.05, 0.1) is 31.7 Å². The van der Waals surface area contributed by atoms with E-state index in [9.17, 15) is 5.11 Å². The SMILES string of the molecule is OCc1ccccc1-c1cnc(N2CCOCC2)c2nccn12. The number of aliphatic hydroxyl groups excluding tert-OH is 1. The highest BCUT2D eigenvalue weighted by Gasteiger charge is 2.18. The van der Waals surface area contributed by atoms with Gasteiger partial charge in [0, 0.05) is 31.0 Å². The second-order valence-electron chi connectivity index (χ2n) is 5.50. The molecule has 1 N–H and O–H groups in total. The van der Waals surface area contributed by atoms with Crippen LogP contribution in [-0.2, 0) is 11.3 Å². The van der Waals surface area contributed by atoms with E-state index in [1.54, 1.807) is 6.20 Å². The lowest BCUT2D eigenvalue weighted by atomic mass is 10.1. The zero-order chi connectivity index (χ0) is 15.6. The van der Waals surface area contributed by atoms with E-state index in [-0.39, 0.29) is 6.61 Å². The number of hydrogen-bond donors (Lipinski definition) is 1. The van der Waals surface area contributed by atoms with Crippen molar-refractivity contribution < 1.29 is 9.84 Å². The summed E-state index contributed by atoms with van der Waals surface area (Å²) in [5.74, 6) is 0.878. The summed E-state index contributed by atoms with van der Waals surface area (Å²) in [6.07, 6.45) is 5.57. The van der Waals surface area contributed by atoms with E-state index in [1.165, 1.54) is 0 Å². The molecule has 0 amide bonds. The zero-order valence-electron chi connectivity index (χ0n) is 12.7. The van der Waals surface area contributed by atoms with Crippen molar-refractivity contribution in [3.8, 4) is 11.3 Å². The number of ether oxygens (including phenoxy) is 1. The Bertz CT molecular complexity index is 824. The topological polar surface area (TPSA) is 62.9 Å². The average molecular weight is 310 g/mol. The maximum absolute atomic E-state index is 9.59. The summed E-state index contributed by atoms with van der Waals surface area (Å²) < 4.78 is 7.45. The van der Waals surface area contributed by atoms with Crippen LogP contribution in [0.3, 0.4) is 0 Å². The smallest absolute Gasteiger partial charge is 0.180 e. The first-order valence-corrected chi connectivity index (χ1v) is 7.72. The van der Waals surface area contributed by atoms with Gasteiger partial charge in [0.2, 0.25) is 0 Å². The number of morpholine rings is 1. The third kappa shape index (κ3) is 2.46. The largest absolute Gasteiger partial charge is 0.392 e. The Hall–Kier alpha value is -2.44. The standard InChI is InChI=1S/C17H18N4O2/c22-12-13-3-1-2-4-14(13)15-11-19-16(17-18-5-6-21(15)17)20-7-9-23-10-8-20/h1-6,11,22H,7-10,12H2. The number of anilines is 1. The van der Waals surface area contributed by atoms with Crippen molar-refractivity contribution in [3.05, 3.63) is 48.4 Å². The fraction of sp³-hybridized carbons (Fsp3) is 0.294. The molecule has 0 unspecified atom stereocenters. The van der Waals surface area contributed by atoms with Crippen LogP contribution in [0.1, 0.15) is 5.56 Å². The lowest BCUT2D eigenvalue weighted by molar-refractivity contribution is 0.122. The molecule has 2 aromatic heterocycles. The number of aromatic nitrogens is 3. The highest BCUT2D eigenvalue weighted by atomic mass is 16.5. The fourth-order valence-corrected chi connectivity index (χ4v) is 3.01. The van der Waals surface area contributed by atoms with Gasteiger partial charge in [0.1, 0.15) is 0 Å². The molecule has 0 atom stereocenters. The lowest BCUT2D eigenvalue weighted by Crippen LogP contribution is -2.37. The Kier molecular flexibility index (Phi) is 3.69. The Morgan fingerprint density at radius 1 is 1.13 bits per heavy atom.